The summed E-state index contributed by atoms with van der Waals surface area (Å²) in [6, 6.07) is 5.74. The fourth-order valence-corrected chi connectivity index (χ4v) is 3.09. The molecule has 1 amide bonds. The molecule has 6 heteroatoms. The molecular weight excluding hydrogens is 304 g/mol. The van der Waals surface area contributed by atoms with E-state index in [-0.39, 0.29) is 11.8 Å². The molecule has 3 rings (SSSR count). The van der Waals surface area contributed by atoms with Crippen molar-refractivity contribution in [3.8, 4) is 5.75 Å². The van der Waals surface area contributed by atoms with Crippen molar-refractivity contribution in [1.82, 2.24) is 20.1 Å². The molecule has 6 nitrogen and oxygen atoms in total. The number of amides is 1. The molecule has 0 spiro atoms. The highest BCUT2D eigenvalue weighted by atomic mass is 16.5. The third-order valence-electron chi connectivity index (χ3n) is 4.50. The summed E-state index contributed by atoms with van der Waals surface area (Å²) in [5, 5.41) is 7.09. The van der Waals surface area contributed by atoms with E-state index >= 15 is 0 Å². The van der Waals surface area contributed by atoms with Gasteiger partial charge in [-0.15, -0.1) is 0 Å². The van der Waals surface area contributed by atoms with Crippen molar-refractivity contribution in [2.45, 2.75) is 39.0 Å². The van der Waals surface area contributed by atoms with Gasteiger partial charge in [0.25, 0.3) is 5.91 Å². The van der Waals surface area contributed by atoms with Crippen LogP contribution in [0, 0.1) is 6.92 Å². The lowest BCUT2D eigenvalue weighted by Crippen LogP contribution is -2.28. The van der Waals surface area contributed by atoms with Crippen molar-refractivity contribution < 1.29 is 9.53 Å². The summed E-state index contributed by atoms with van der Waals surface area (Å²) in [5.74, 6) is 1.38. The van der Waals surface area contributed by atoms with E-state index in [0.29, 0.717) is 18.2 Å². The Hall–Kier alpha value is -2.37. The molecule has 0 radical (unpaired) electrons. The molecule has 3 heterocycles. The molecule has 1 atom stereocenters. The van der Waals surface area contributed by atoms with Crippen LogP contribution in [0.2, 0.25) is 0 Å². The molecule has 24 heavy (non-hydrogen) atoms. The molecule has 1 aliphatic rings. The first-order valence-electron chi connectivity index (χ1n) is 8.35. The van der Waals surface area contributed by atoms with Gasteiger partial charge in [0.15, 0.2) is 0 Å². The number of carbonyl (C=O) groups is 1. The highest BCUT2D eigenvalue weighted by molar-refractivity contribution is 5.92. The van der Waals surface area contributed by atoms with Crippen molar-refractivity contribution in [2.75, 3.05) is 20.2 Å². The summed E-state index contributed by atoms with van der Waals surface area (Å²) in [4.78, 5) is 19.2. The Bertz CT molecular complexity index is 738. The number of rotatable bonds is 4. The molecule has 1 unspecified atom stereocenters. The van der Waals surface area contributed by atoms with Crippen LogP contribution in [0.1, 0.15) is 59.7 Å². The van der Waals surface area contributed by atoms with Gasteiger partial charge >= 0.3 is 0 Å². The van der Waals surface area contributed by atoms with Crippen LogP contribution < -0.4 is 4.74 Å². The number of likely N-dealkylation sites (tertiary alicyclic amines) is 1. The van der Waals surface area contributed by atoms with Gasteiger partial charge in [0.2, 0.25) is 0 Å². The average molecular weight is 328 g/mol. The Kier molecular flexibility index (Phi) is 4.55. The largest absolute Gasteiger partial charge is 0.497 e. The summed E-state index contributed by atoms with van der Waals surface area (Å²) in [5.41, 5.74) is 3.41. The summed E-state index contributed by atoms with van der Waals surface area (Å²) in [6.07, 6.45) is 0.913. The van der Waals surface area contributed by atoms with Gasteiger partial charge < -0.3 is 9.64 Å². The van der Waals surface area contributed by atoms with Gasteiger partial charge in [0.05, 0.1) is 12.8 Å². The zero-order valence-electron chi connectivity index (χ0n) is 14.7. The Morgan fingerprint density at radius 3 is 2.83 bits per heavy atom. The summed E-state index contributed by atoms with van der Waals surface area (Å²) in [7, 11) is 1.66. The number of nitrogens with one attached hydrogen (secondary N) is 1. The van der Waals surface area contributed by atoms with Crippen molar-refractivity contribution in [3.05, 3.63) is 41.0 Å². The normalized spacial score (nSPS) is 17.5. The number of hydrogen-bond donors (Lipinski definition) is 1. The minimum atomic E-state index is 0.0107. The zero-order valence-corrected chi connectivity index (χ0v) is 14.7. The maximum atomic E-state index is 12.7. The number of aryl methyl sites for hydroxylation is 1. The van der Waals surface area contributed by atoms with Gasteiger partial charge in [0.1, 0.15) is 11.4 Å². The van der Waals surface area contributed by atoms with E-state index in [9.17, 15) is 4.79 Å². The summed E-state index contributed by atoms with van der Waals surface area (Å²) < 4.78 is 5.33. The SMILES string of the molecule is COc1cc(C)nc(C2CCN(C(=O)c3cc(C(C)C)n[nH]3)C2)c1. The van der Waals surface area contributed by atoms with E-state index in [1.165, 1.54) is 0 Å². The lowest BCUT2D eigenvalue weighted by molar-refractivity contribution is 0.0785. The Balaban J connectivity index is 1.72. The van der Waals surface area contributed by atoms with E-state index in [0.717, 1.165) is 35.8 Å². The van der Waals surface area contributed by atoms with Crippen molar-refractivity contribution in [1.29, 1.82) is 0 Å². The first-order valence-corrected chi connectivity index (χ1v) is 8.35. The number of ether oxygens (including phenoxy) is 1. The fraction of sp³-hybridized carbons (Fsp3) is 0.500. The number of carbonyl (C=O) groups excluding carboxylic acids is 1. The van der Waals surface area contributed by atoms with Crippen LogP contribution in [-0.4, -0.2) is 46.2 Å². The van der Waals surface area contributed by atoms with E-state index < -0.39 is 0 Å². The van der Waals surface area contributed by atoms with Gasteiger partial charge in [-0.25, -0.2) is 0 Å². The minimum Gasteiger partial charge on any atom is -0.497 e. The molecule has 0 aliphatic carbocycles. The van der Waals surface area contributed by atoms with Gasteiger partial charge in [-0.05, 0) is 25.3 Å². The van der Waals surface area contributed by atoms with Crippen LogP contribution in [0.25, 0.3) is 0 Å². The Morgan fingerprint density at radius 1 is 1.38 bits per heavy atom. The Labute approximate surface area is 142 Å². The molecule has 1 aliphatic heterocycles. The number of methoxy groups -OCH3 is 1. The predicted molar refractivity (Wildman–Crippen MR) is 91.5 cm³/mol. The quantitative estimate of drug-likeness (QED) is 0.937. The number of pyridine rings is 1. The van der Waals surface area contributed by atoms with Gasteiger partial charge in [0, 0.05) is 42.5 Å². The summed E-state index contributed by atoms with van der Waals surface area (Å²) in [6.45, 7) is 7.49. The van der Waals surface area contributed by atoms with E-state index in [1.54, 1.807) is 7.11 Å². The lowest BCUT2D eigenvalue weighted by Gasteiger charge is -2.16. The first kappa shape index (κ1) is 16.5. The second-order valence-corrected chi connectivity index (χ2v) is 6.67. The highest BCUT2D eigenvalue weighted by Crippen LogP contribution is 2.29. The second kappa shape index (κ2) is 6.63. The molecule has 0 aromatic carbocycles. The maximum absolute atomic E-state index is 12.7. The molecule has 1 saturated heterocycles. The van der Waals surface area contributed by atoms with Crippen LogP contribution in [0.4, 0.5) is 0 Å². The smallest absolute Gasteiger partial charge is 0.271 e. The minimum absolute atomic E-state index is 0.0107. The standard InChI is InChI=1S/C18H24N4O2/c1-11(2)15-9-17(21-20-15)18(23)22-6-5-13(10-22)16-8-14(24-4)7-12(3)19-16/h7-9,11,13H,5-6,10H2,1-4H3,(H,20,21). The van der Waals surface area contributed by atoms with E-state index in [1.807, 2.05) is 30.0 Å². The van der Waals surface area contributed by atoms with E-state index in [4.69, 9.17) is 4.74 Å². The maximum Gasteiger partial charge on any atom is 0.271 e. The summed E-state index contributed by atoms with van der Waals surface area (Å²) >= 11 is 0. The van der Waals surface area contributed by atoms with Gasteiger partial charge in [-0.1, -0.05) is 13.8 Å². The van der Waals surface area contributed by atoms with Crippen LogP contribution in [0.5, 0.6) is 5.75 Å². The molecule has 2 aromatic rings. The number of H-pyrrole nitrogens is 1. The number of hydrogen-bond acceptors (Lipinski definition) is 4. The molecule has 0 saturated carbocycles. The number of nitrogens with zero attached hydrogens (tertiary/aromatic N) is 3. The third kappa shape index (κ3) is 3.27. The second-order valence-electron chi connectivity index (χ2n) is 6.67. The van der Waals surface area contributed by atoms with Crippen LogP contribution in [-0.2, 0) is 0 Å². The first-order chi connectivity index (χ1) is 11.5. The van der Waals surface area contributed by atoms with Crippen molar-refractivity contribution in [3.63, 3.8) is 0 Å². The van der Waals surface area contributed by atoms with Crippen molar-refractivity contribution in [2.24, 2.45) is 0 Å². The zero-order chi connectivity index (χ0) is 17.3. The monoisotopic (exact) mass is 328 g/mol. The third-order valence-corrected chi connectivity index (χ3v) is 4.50. The van der Waals surface area contributed by atoms with Gasteiger partial charge in [-0.3, -0.25) is 14.9 Å². The predicted octanol–water partition coefficient (Wildman–Crippen LogP) is 2.87. The topological polar surface area (TPSA) is 71.1 Å². The van der Waals surface area contributed by atoms with Crippen LogP contribution in [0.15, 0.2) is 18.2 Å². The fourth-order valence-electron chi connectivity index (χ4n) is 3.09. The van der Waals surface area contributed by atoms with E-state index in [2.05, 4.69) is 29.0 Å². The Morgan fingerprint density at radius 2 is 2.17 bits per heavy atom. The average Bonchev–Trinajstić information content (AvgIpc) is 3.23. The molecule has 0 bridgehead atoms. The molecule has 1 N–H and O–H groups in total. The molecule has 128 valence electrons. The van der Waals surface area contributed by atoms with Crippen molar-refractivity contribution >= 4 is 5.91 Å². The lowest BCUT2D eigenvalue weighted by atomic mass is 10.0. The van der Waals surface area contributed by atoms with Crippen LogP contribution >= 0.6 is 0 Å². The number of aromatic nitrogens is 3. The molecule has 1 fully saturated rings. The van der Waals surface area contributed by atoms with Crippen LogP contribution in [0.3, 0.4) is 0 Å². The number of aromatic amines is 1. The molecular formula is C18H24N4O2. The van der Waals surface area contributed by atoms with Gasteiger partial charge in [-0.2, -0.15) is 5.10 Å². The molecule has 2 aromatic heterocycles. The highest BCUT2D eigenvalue weighted by Gasteiger charge is 2.30.